The van der Waals surface area contributed by atoms with Gasteiger partial charge in [-0.1, -0.05) is 12.2 Å². The third-order valence-corrected chi connectivity index (χ3v) is 2.17. The van der Waals surface area contributed by atoms with Gasteiger partial charge in [-0.2, -0.15) is 0 Å². The summed E-state index contributed by atoms with van der Waals surface area (Å²) >= 11 is 0. The highest BCUT2D eigenvalue weighted by Gasteiger charge is 2.08. The average molecular weight is 159 g/mol. The van der Waals surface area contributed by atoms with E-state index in [4.69, 9.17) is 0 Å². The lowest BCUT2D eigenvalue weighted by Gasteiger charge is -2.14. The Morgan fingerprint density at radius 2 is 1.80 bits per heavy atom. The zero-order valence-corrected chi connectivity index (χ0v) is 6.50. The number of rotatable bonds is 1. The molecule has 1 rings (SSSR count). The molecule has 0 spiro atoms. The lowest BCUT2D eigenvalue weighted by Crippen LogP contribution is -2.19. The molecule has 0 aromatic rings. The van der Waals surface area contributed by atoms with Crippen molar-refractivity contribution in [3.05, 3.63) is 24.6 Å². The van der Waals surface area contributed by atoms with Crippen LogP contribution < -0.4 is 0 Å². The lowest BCUT2D eigenvalue weighted by molar-refractivity contribution is 0.557. The highest BCUT2D eigenvalue weighted by atomic mass is 32.2. The van der Waals surface area contributed by atoms with Crippen molar-refractivity contribution in [1.29, 1.82) is 0 Å². The third kappa shape index (κ3) is 1.60. The van der Waals surface area contributed by atoms with Gasteiger partial charge in [0, 0.05) is 12.4 Å². The first-order chi connectivity index (χ1) is 4.61. The fraction of sp³-hybridized carbons (Fsp3) is 0.333. The molecular weight excluding hydrogens is 150 g/mol. The van der Waals surface area contributed by atoms with Crippen molar-refractivity contribution in [2.75, 3.05) is 6.26 Å². The number of sulfonamides is 1. The fourth-order valence-electron chi connectivity index (χ4n) is 0.679. The minimum Gasteiger partial charge on any atom is -0.254 e. The maximum absolute atomic E-state index is 10.8. The maximum Gasteiger partial charge on any atom is 0.235 e. The topological polar surface area (TPSA) is 37.4 Å². The Balaban J connectivity index is 2.84. The Labute approximate surface area is 60.7 Å². The number of allylic oxidation sites excluding steroid dienone is 2. The quantitative estimate of drug-likeness (QED) is 0.564. The van der Waals surface area contributed by atoms with E-state index in [0.717, 1.165) is 6.42 Å². The van der Waals surface area contributed by atoms with Gasteiger partial charge in [-0.05, 0) is 6.42 Å². The maximum atomic E-state index is 10.8. The summed E-state index contributed by atoms with van der Waals surface area (Å²) in [4.78, 5) is 0. The monoisotopic (exact) mass is 159 g/mol. The summed E-state index contributed by atoms with van der Waals surface area (Å²) < 4.78 is 22.8. The van der Waals surface area contributed by atoms with Crippen molar-refractivity contribution < 1.29 is 8.42 Å². The van der Waals surface area contributed by atoms with Gasteiger partial charge in [0.25, 0.3) is 0 Å². The molecule has 0 amide bonds. The molecule has 0 saturated heterocycles. The van der Waals surface area contributed by atoms with Gasteiger partial charge >= 0.3 is 0 Å². The molecule has 0 N–H and O–H groups in total. The minimum absolute atomic E-state index is 0.812. The van der Waals surface area contributed by atoms with Crippen LogP contribution in [-0.2, 0) is 10.0 Å². The van der Waals surface area contributed by atoms with Gasteiger partial charge < -0.3 is 0 Å². The van der Waals surface area contributed by atoms with Crippen LogP contribution in [0.15, 0.2) is 24.6 Å². The van der Waals surface area contributed by atoms with E-state index in [1.54, 1.807) is 24.6 Å². The molecular formula is C6H9NO2S. The summed E-state index contributed by atoms with van der Waals surface area (Å²) in [5, 5.41) is 0. The summed E-state index contributed by atoms with van der Waals surface area (Å²) in [6.45, 7) is 0. The predicted molar refractivity (Wildman–Crippen MR) is 39.6 cm³/mol. The molecule has 3 nitrogen and oxygen atoms in total. The van der Waals surface area contributed by atoms with Crippen molar-refractivity contribution in [3.63, 3.8) is 0 Å². The van der Waals surface area contributed by atoms with Crippen molar-refractivity contribution >= 4 is 10.0 Å². The molecule has 56 valence electrons. The van der Waals surface area contributed by atoms with Crippen LogP contribution in [0.5, 0.6) is 0 Å². The Morgan fingerprint density at radius 3 is 2.10 bits per heavy atom. The lowest BCUT2D eigenvalue weighted by atomic mass is 10.4. The molecule has 0 fully saturated rings. The summed E-state index contributed by atoms with van der Waals surface area (Å²) in [5.41, 5.74) is 0. The molecule has 0 radical (unpaired) electrons. The Bertz CT molecular complexity index is 251. The molecule has 0 bridgehead atoms. The second-order valence-electron chi connectivity index (χ2n) is 2.10. The molecule has 0 saturated carbocycles. The van der Waals surface area contributed by atoms with Gasteiger partial charge in [-0.25, -0.2) is 8.42 Å². The summed E-state index contributed by atoms with van der Waals surface area (Å²) in [6, 6.07) is 0. The third-order valence-electron chi connectivity index (χ3n) is 1.16. The molecule has 1 heterocycles. The first-order valence-corrected chi connectivity index (χ1v) is 4.77. The Kier molecular flexibility index (Phi) is 1.80. The average Bonchev–Trinajstić information content (AvgIpc) is 1.88. The van der Waals surface area contributed by atoms with Crippen molar-refractivity contribution in [1.82, 2.24) is 4.31 Å². The van der Waals surface area contributed by atoms with Gasteiger partial charge in [-0.15, -0.1) is 0 Å². The van der Waals surface area contributed by atoms with Crippen LogP contribution in [0.25, 0.3) is 0 Å². The predicted octanol–water partition coefficient (Wildman–Crippen LogP) is 0.679. The van der Waals surface area contributed by atoms with Crippen molar-refractivity contribution in [2.24, 2.45) is 0 Å². The fourth-order valence-corrected chi connectivity index (χ4v) is 1.29. The smallest absolute Gasteiger partial charge is 0.235 e. The van der Waals surface area contributed by atoms with Gasteiger partial charge in [0.05, 0.1) is 6.26 Å². The van der Waals surface area contributed by atoms with Crippen LogP contribution >= 0.6 is 0 Å². The van der Waals surface area contributed by atoms with E-state index < -0.39 is 10.0 Å². The minimum atomic E-state index is -3.07. The Hall–Kier alpha value is -0.770. The molecule has 0 atom stereocenters. The van der Waals surface area contributed by atoms with Gasteiger partial charge in [0.15, 0.2) is 0 Å². The van der Waals surface area contributed by atoms with E-state index >= 15 is 0 Å². The SMILES string of the molecule is CS(=O)(=O)N1C=CCC=C1. The molecule has 0 aromatic heterocycles. The van der Waals surface area contributed by atoms with E-state index in [0.29, 0.717) is 0 Å². The van der Waals surface area contributed by atoms with E-state index in [9.17, 15) is 8.42 Å². The van der Waals surface area contributed by atoms with Crippen LogP contribution in [0.4, 0.5) is 0 Å². The van der Waals surface area contributed by atoms with Crippen molar-refractivity contribution in [3.8, 4) is 0 Å². The van der Waals surface area contributed by atoms with E-state index in [1.807, 2.05) is 0 Å². The Morgan fingerprint density at radius 1 is 1.30 bits per heavy atom. The number of nitrogens with zero attached hydrogens (tertiary/aromatic N) is 1. The molecule has 0 aliphatic carbocycles. The van der Waals surface area contributed by atoms with Crippen LogP contribution in [0.2, 0.25) is 0 Å². The van der Waals surface area contributed by atoms with Crippen molar-refractivity contribution in [2.45, 2.75) is 6.42 Å². The van der Waals surface area contributed by atoms with Crippen LogP contribution in [-0.4, -0.2) is 19.0 Å². The van der Waals surface area contributed by atoms with Crippen LogP contribution in [0.3, 0.4) is 0 Å². The zero-order chi connectivity index (χ0) is 7.61. The van der Waals surface area contributed by atoms with Gasteiger partial charge in [0.2, 0.25) is 10.0 Å². The highest BCUT2D eigenvalue weighted by molar-refractivity contribution is 7.88. The van der Waals surface area contributed by atoms with Crippen LogP contribution in [0, 0.1) is 0 Å². The molecule has 10 heavy (non-hydrogen) atoms. The molecule has 0 aromatic carbocycles. The van der Waals surface area contributed by atoms with E-state index in [-0.39, 0.29) is 0 Å². The second kappa shape index (κ2) is 2.46. The highest BCUT2D eigenvalue weighted by Crippen LogP contribution is 2.06. The molecule has 4 heteroatoms. The summed E-state index contributed by atoms with van der Waals surface area (Å²) in [7, 11) is -3.07. The number of hydrogen-bond acceptors (Lipinski definition) is 2. The molecule has 1 aliphatic rings. The standard InChI is InChI=1S/C6H9NO2S/c1-10(8,9)7-5-3-2-4-6-7/h3-6H,2H2,1H3. The molecule has 1 aliphatic heterocycles. The van der Waals surface area contributed by atoms with Gasteiger partial charge in [0.1, 0.15) is 0 Å². The second-order valence-corrected chi connectivity index (χ2v) is 3.99. The first kappa shape index (κ1) is 7.34. The van der Waals surface area contributed by atoms with E-state index in [1.165, 1.54) is 10.6 Å². The van der Waals surface area contributed by atoms with Crippen LogP contribution in [0.1, 0.15) is 6.42 Å². The number of hydrogen-bond donors (Lipinski definition) is 0. The molecule has 0 unspecified atom stereocenters. The first-order valence-electron chi connectivity index (χ1n) is 2.92. The zero-order valence-electron chi connectivity index (χ0n) is 5.69. The van der Waals surface area contributed by atoms with E-state index in [2.05, 4.69) is 0 Å². The summed E-state index contributed by atoms with van der Waals surface area (Å²) in [5.74, 6) is 0. The summed E-state index contributed by atoms with van der Waals surface area (Å²) in [6.07, 6.45) is 8.67. The normalized spacial score (nSPS) is 17.9. The largest absolute Gasteiger partial charge is 0.254 e. The van der Waals surface area contributed by atoms with Gasteiger partial charge in [-0.3, -0.25) is 4.31 Å².